The van der Waals surface area contributed by atoms with E-state index in [0.717, 1.165) is 12.1 Å². The van der Waals surface area contributed by atoms with Gasteiger partial charge in [0.25, 0.3) is 0 Å². The highest BCUT2D eigenvalue weighted by Gasteiger charge is 2.06. The van der Waals surface area contributed by atoms with Gasteiger partial charge in [-0.1, -0.05) is 18.7 Å². The zero-order chi connectivity index (χ0) is 19.6. The first-order valence-corrected chi connectivity index (χ1v) is 7.63. The summed E-state index contributed by atoms with van der Waals surface area (Å²) in [5.74, 6) is -1.58. The smallest absolute Gasteiger partial charge is 0.336 e. The molecule has 2 aromatic rings. The highest BCUT2D eigenvalue weighted by molar-refractivity contribution is 5.88. The Labute approximate surface area is 154 Å². The van der Waals surface area contributed by atoms with Crippen LogP contribution < -0.4 is 9.47 Å². The number of halogens is 1. The van der Waals surface area contributed by atoms with Crippen LogP contribution >= 0.6 is 0 Å². The lowest BCUT2D eigenvalue weighted by atomic mass is 10.2. The molecule has 2 rings (SSSR count). The van der Waals surface area contributed by atoms with Crippen molar-refractivity contribution in [3.05, 3.63) is 78.1 Å². The average molecular weight is 367 g/mol. The monoisotopic (exact) mass is 367 g/mol. The predicted octanol–water partition coefficient (Wildman–Crippen LogP) is 3.38. The maximum atomic E-state index is 13.5. The van der Waals surface area contributed by atoms with Crippen LogP contribution in [0, 0.1) is 17.1 Å². The molecule has 0 amide bonds. The van der Waals surface area contributed by atoms with Crippen LogP contribution in [0.2, 0.25) is 0 Å². The molecule has 0 saturated heterocycles. The summed E-state index contributed by atoms with van der Waals surface area (Å²) >= 11 is 0. The minimum atomic E-state index is -0.763. The summed E-state index contributed by atoms with van der Waals surface area (Å²) < 4.78 is 28.3. The molecule has 0 aliphatic carbocycles. The van der Waals surface area contributed by atoms with Crippen LogP contribution in [0.5, 0.6) is 11.5 Å². The first kappa shape index (κ1) is 19.4. The molecule has 0 heterocycles. The molecule has 0 radical (unpaired) electrons. The van der Waals surface area contributed by atoms with Crippen molar-refractivity contribution in [2.24, 2.45) is 0 Å². The lowest BCUT2D eigenvalue weighted by Gasteiger charge is -2.06. The molecule has 27 heavy (non-hydrogen) atoms. The van der Waals surface area contributed by atoms with Gasteiger partial charge in [0.1, 0.15) is 23.4 Å². The van der Waals surface area contributed by atoms with Gasteiger partial charge in [-0.05, 0) is 35.9 Å². The van der Waals surface area contributed by atoms with Crippen LogP contribution in [0.3, 0.4) is 0 Å². The molecular formula is C20H14FNO5. The fourth-order valence-electron chi connectivity index (χ4n) is 1.85. The molecule has 7 heteroatoms. The number of hydrogen-bond donors (Lipinski definition) is 0. The van der Waals surface area contributed by atoms with E-state index in [9.17, 15) is 14.0 Å². The van der Waals surface area contributed by atoms with Gasteiger partial charge in [0.05, 0.1) is 5.56 Å². The van der Waals surface area contributed by atoms with Gasteiger partial charge >= 0.3 is 11.9 Å². The van der Waals surface area contributed by atoms with E-state index < -0.39 is 17.8 Å². The number of hydrogen-bond acceptors (Lipinski definition) is 6. The van der Waals surface area contributed by atoms with E-state index in [0.29, 0.717) is 11.3 Å². The van der Waals surface area contributed by atoms with Gasteiger partial charge in [-0.25, -0.2) is 14.0 Å². The average Bonchev–Trinajstić information content (AvgIpc) is 2.67. The Hall–Kier alpha value is -3.92. The van der Waals surface area contributed by atoms with E-state index in [4.69, 9.17) is 14.7 Å². The zero-order valence-corrected chi connectivity index (χ0v) is 14.1. The molecule has 0 fully saturated rings. The van der Waals surface area contributed by atoms with Crippen molar-refractivity contribution in [1.82, 2.24) is 0 Å². The minimum Gasteiger partial charge on any atom is -0.457 e. The zero-order valence-electron chi connectivity index (χ0n) is 14.1. The van der Waals surface area contributed by atoms with Crippen LogP contribution in [-0.2, 0) is 14.3 Å². The second-order valence-corrected chi connectivity index (χ2v) is 5.01. The van der Waals surface area contributed by atoms with Crippen LogP contribution in [-0.4, -0.2) is 18.7 Å². The molecule has 0 N–H and O–H groups in total. The highest BCUT2D eigenvalue weighted by Crippen LogP contribution is 2.17. The van der Waals surface area contributed by atoms with Crippen molar-refractivity contribution in [2.75, 3.05) is 6.79 Å². The molecule has 0 aromatic heterocycles. The third-order valence-electron chi connectivity index (χ3n) is 3.16. The molecule has 0 spiro atoms. The molecule has 6 nitrogen and oxygen atoms in total. The molecule has 0 saturated carbocycles. The molecule has 136 valence electrons. The molecule has 0 bridgehead atoms. The molecule has 2 aromatic carbocycles. The minimum absolute atomic E-state index is 0.000954. The number of ether oxygens (including phenoxy) is 3. The SMILES string of the molecule is C=CC(=O)OCOc1ccc(C=CC(=O)Oc2ccc(C#N)c(F)c2)cc1. The number of rotatable bonds is 7. The molecule has 0 aliphatic heterocycles. The summed E-state index contributed by atoms with van der Waals surface area (Å²) in [5.41, 5.74) is 0.556. The number of nitriles is 1. The van der Waals surface area contributed by atoms with E-state index in [-0.39, 0.29) is 18.1 Å². The number of benzene rings is 2. The summed E-state index contributed by atoms with van der Waals surface area (Å²) in [6.45, 7) is 3.02. The first-order chi connectivity index (χ1) is 13.0. The Morgan fingerprint density at radius 3 is 2.44 bits per heavy atom. The van der Waals surface area contributed by atoms with E-state index >= 15 is 0 Å². The van der Waals surface area contributed by atoms with Gasteiger partial charge in [-0.15, -0.1) is 0 Å². The highest BCUT2D eigenvalue weighted by atomic mass is 19.1. The summed E-state index contributed by atoms with van der Waals surface area (Å²) in [4.78, 5) is 22.7. The number of carbonyl (C=O) groups is 2. The van der Waals surface area contributed by atoms with Crippen molar-refractivity contribution >= 4 is 18.0 Å². The molecule has 0 aliphatic rings. The van der Waals surface area contributed by atoms with Crippen molar-refractivity contribution in [3.8, 4) is 17.6 Å². The summed E-state index contributed by atoms with van der Waals surface area (Å²) in [5, 5.41) is 8.66. The van der Waals surface area contributed by atoms with Gasteiger partial charge in [-0.2, -0.15) is 5.26 Å². The second-order valence-electron chi connectivity index (χ2n) is 5.01. The van der Waals surface area contributed by atoms with Crippen LogP contribution in [0.15, 0.2) is 61.2 Å². The summed E-state index contributed by atoms with van der Waals surface area (Å²) in [6.07, 6.45) is 3.71. The Bertz CT molecular complexity index is 913. The van der Waals surface area contributed by atoms with E-state index in [1.165, 1.54) is 24.3 Å². The lowest BCUT2D eigenvalue weighted by molar-refractivity contribution is -0.144. The Morgan fingerprint density at radius 2 is 1.81 bits per heavy atom. The van der Waals surface area contributed by atoms with Crippen molar-refractivity contribution in [2.45, 2.75) is 0 Å². The third-order valence-corrected chi connectivity index (χ3v) is 3.16. The Balaban J connectivity index is 1.88. The Kier molecular flexibility index (Phi) is 6.85. The maximum absolute atomic E-state index is 13.5. The second kappa shape index (κ2) is 9.53. The normalized spacial score (nSPS) is 10.1. The lowest BCUT2D eigenvalue weighted by Crippen LogP contribution is -2.07. The fourth-order valence-corrected chi connectivity index (χ4v) is 1.85. The number of carbonyl (C=O) groups excluding carboxylic acids is 2. The first-order valence-electron chi connectivity index (χ1n) is 7.63. The van der Waals surface area contributed by atoms with Crippen molar-refractivity contribution < 1.29 is 28.2 Å². The summed E-state index contributed by atoms with van der Waals surface area (Å²) in [6, 6.07) is 11.8. The quantitative estimate of drug-likeness (QED) is 0.323. The van der Waals surface area contributed by atoms with Gasteiger partial charge in [0, 0.05) is 18.2 Å². The standard InChI is InChI=1S/C20H14FNO5/c1-2-19(23)26-13-25-16-7-3-14(4-8-16)5-10-20(24)27-17-9-6-15(12-22)18(21)11-17/h2-11H,1,13H2. The predicted molar refractivity (Wildman–Crippen MR) is 94.0 cm³/mol. The number of nitrogens with zero attached hydrogens (tertiary/aromatic N) is 1. The molecular weight excluding hydrogens is 353 g/mol. The van der Waals surface area contributed by atoms with Crippen molar-refractivity contribution in [1.29, 1.82) is 5.26 Å². The van der Waals surface area contributed by atoms with Crippen LogP contribution in [0.1, 0.15) is 11.1 Å². The van der Waals surface area contributed by atoms with Gasteiger partial charge in [0.15, 0.2) is 0 Å². The van der Waals surface area contributed by atoms with E-state index in [2.05, 4.69) is 11.3 Å². The largest absolute Gasteiger partial charge is 0.457 e. The van der Waals surface area contributed by atoms with Crippen LogP contribution in [0.4, 0.5) is 4.39 Å². The third kappa shape index (κ3) is 6.14. The Morgan fingerprint density at radius 1 is 1.11 bits per heavy atom. The van der Waals surface area contributed by atoms with Crippen molar-refractivity contribution in [3.63, 3.8) is 0 Å². The molecule has 0 unspecified atom stereocenters. The van der Waals surface area contributed by atoms with Crippen LogP contribution in [0.25, 0.3) is 6.08 Å². The topological polar surface area (TPSA) is 85.6 Å². The van der Waals surface area contributed by atoms with Gasteiger partial charge < -0.3 is 14.2 Å². The maximum Gasteiger partial charge on any atom is 0.336 e. The summed E-state index contributed by atoms with van der Waals surface area (Å²) in [7, 11) is 0. The number of esters is 2. The van der Waals surface area contributed by atoms with E-state index in [1.54, 1.807) is 30.3 Å². The van der Waals surface area contributed by atoms with E-state index in [1.807, 2.05) is 0 Å². The fraction of sp³-hybridized carbons (Fsp3) is 0.0500. The molecule has 0 atom stereocenters. The van der Waals surface area contributed by atoms with Gasteiger partial charge in [0.2, 0.25) is 6.79 Å². The van der Waals surface area contributed by atoms with Gasteiger partial charge in [-0.3, -0.25) is 0 Å².